The summed E-state index contributed by atoms with van der Waals surface area (Å²) in [5, 5.41) is 2.65. The zero-order chi connectivity index (χ0) is 23.4. The molecule has 2 aromatic carbocycles. The van der Waals surface area contributed by atoms with Gasteiger partial charge in [0.1, 0.15) is 0 Å². The van der Waals surface area contributed by atoms with Gasteiger partial charge in [-0.05, 0) is 48.1 Å². The second-order valence-electron chi connectivity index (χ2n) is 8.97. The smallest absolute Gasteiger partial charge is 0.309 e. The van der Waals surface area contributed by atoms with E-state index in [-0.39, 0.29) is 30.0 Å². The van der Waals surface area contributed by atoms with Crippen molar-refractivity contribution in [1.29, 1.82) is 0 Å². The van der Waals surface area contributed by atoms with Crippen LogP contribution in [0.15, 0.2) is 59.5 Å². The molecule has 0 atom stereocenters. The van der Waals surface area contributed by atoms with E-state index in [1.54, 1.807) is 36.4 Å². The summed E-state index contributed by atoms with van der Waals surface area (Å²) in [4.78, 5) is 24.5. The molecule has 1 heterocycles. The molecular weight excluding hydrogens is 428 g/mol. The molecule has 0 saturated carbocycles. The normalized spacial score (nSPS) is 15.8. The van der Waals surface area contributed by atoms with Gasteiger partial charge in [-0.1, -0.05) is 51.1 Å². The Morgan fingerprint density at radius 3 is 2.16 bits per heavy atom. The van der Waals surface area contributed by atoms with Crippen molar-refractivity contribution in [3.8, 4) is 0 Å². The number of amides is 1. The number of hydrogen-bond acceptors (Lipinski definition) is 5. The van der Waals surface area contributed by atoms with Crippen LogP contribution in [0.2, 0.25) is 0 Å². The predicted molar refractivity (Wildman–Crippen MR) is 123 cm³/mol. The molecule has 7 nitrogen and oxygen atoms in total. The highest BCUT2D eigenvalue weighted by atomic mass is 32.2. The van der Waals surface area contributed by atoms with Crippen molar-refractivity contribution < 1.29 is 22.7 Å². The topological polar surface area (TPSA) is 92.8 Å². The molecule has 1 N–H and O–H groups in total. The van der Waals surface area contributed by atoms with Gasteiger partial charge in [0.05, 0.1) is 10.8 Å². The standard InChI is InChI=1S/C24H30N2O5S/c1-24(2,3)19-9-11-21(12-10-19)32(29,30)26-15-13-18(14-16-26)23(28)31-17-22(27)25-20-7-5-4-6-8-20/h4-12,18H,13-17H2,1-3H3,(H,25,27). The number of para-hydroxylation sites is 1. The van der Waals surface area contributed by atoms with Crippen molar-refractivity contribution >= 4 is 27.6 Å². The van der Waals surface area contributed by atoms with E-state index in [4.69, 9.17) is 4.74 Å². The van der Waals surface area contributed by atoms with Crippen molar-refractivity contribution in [2.45, 2.75) is 43.9 Å². The van der Waals surface area contributed by atoms with E-state index >= 15 is 0 Å². The quantitative estimate of drug-likeness (QED) is 0.668. The molecule has 1 saturated heterocycles. The number of nitrogens with one attached hydrogen (secondary N) is 1. The predicted octanol–water partition coefficient (Wildman–Crippen LogP) is 3.57. The second kappa shape index (κ2) is 9.83. The first-order valence-corrected chi connectivity index (χ1v) is 12.1. The molecule has 172 valence electrons. The van der Waals surface area contributed by atoms with Crippen LogP contribution in [0.25, 0.3) is 0 Å². The third-order valence-electron chi connectivity index (χ3n) is 5.55. The summed E-state index contributed by atoms with van der Waals surface area (Å²) >= 11 is 0. The summed E-state index contributed by atoms with van der Waals surface area (Å²) in [7, 11) is -3.62. The highest BCUT2D eigenvalue weighted by molar-refractivity contribution is 7.89. The number of sulfonamides is 1. The van der Waals surface area contributed by atoms with Crippen LogP contribution in [0.5, 0.6) is 0 Å². The van der Waals surface area contributed by atoms with Crippen LogP contribution in [0, 0.1) is 5.92 Å². The van der Waals surface area contributed by atoms with Gasteiger partial charge in [0.2, 0.25) is 10.0 Å². The summed E-state index contributed by atoms with van der Waals surface area (Å²) in [6, 6.07) is 15.9. The minimum Gasteiger partial charge on any atom is -0.455 e. The Morgan fingerprint density at radius 1 is 1.00 bits per heavy atom. The van der Waals surface area contributed by atoms with Crippen LogP contribution in [-0.4, -0.2) is 44.3 Å². The van der Waals surface area contributed by atoms with Gasteiger partial charge in [-0.3, -0.25) is 9.59 Å². The SMILES string of the molecule is CC(C)(C)c1ccc(S(=O)(=O)N2CCC(C(=O)OCC(=O)Nc3ccccc3)CC2)cc1. The van der Waals surface area contributed by atoms with Crippen LogP contribution in [0.1, 0.15) is 39.2 Å². The fraction of sp³-hybridized carbons (Fsp3) is 0.417. The molecule has 0 radical (unpaired) electrons. The molecule has 0 spiro atoms. The molecule has 1 amide bonds. The van der Waals surface area contributed by atoms with Crippen molar-refractivity contribution in [1.82, 2.24) is 4.31 Å². The lowest BCUT2D eigenvalue weighted by atomic mass is 9.87. The van der Waals surface area contributed by atoms with E-state index in [1.165, 1.54) is 4.31 Å². The van der Waals surface area contributed by atoms with Gasteiger partial charge >= 0.3 is 5.97 Å². The number of nitrogens with zero attached hydrogens (tertiary/aromatic N) is 1. The third kappa shape index (κ3) is 5.95. The first-order valence-electron chi connectivity index (χ1n) is 10.7. The van der Waals surface area contributed by atoms with Crippen LogP contribution in [0.3, 0.4) is 0 Å². The van der Waals surface area contributed by atoms with Crippen molar-refractivity contribution in [2.75, 3.05) is 25.0 Å². The number of rotatable bonds is 6. The Bertz CT molecular complexity index is 1040. The van der Waals surface area contributed by atoms with Gasteiger partial charge in [0, 0.05) is 18.8 Å². The highest BCUT2D eigenvalue weighted by Gasteiger charge is 2.33. The minimum absolute atomic E-state index is 0.0565. The van der Waals surface area contributed by atoms with Crippen molar-refractivity contribution in [3.05, 3.63) is 60.2 Å². The molecule has 0 aliphatic carbocycles. The number of piperidine rings is 1. The Balaban J connectivity index is 1.50. The van der Waals surface area contributed by atoms with Gasteiger partial charge < -0.3 is 10.1 Å². The number of ether oxygens (including phenoxy) is 1. The van der Waals surface area contributed by atoms with Gasteiger partial charge in [-0.25, -0.2) is 8.42 Å². The average molecular weight is 459 g/mol. The largest absolute Gasteiger partial charge is 0.455 e. The zero-order valence-electron chi connectivity index (χ0n) is 18.7. The Hall–Kier alpha value is -2.71. The van der Waals surface area contributed by atoms with Crippen LogP contribution in [-0.2, 0) is 29.8 Å². The molecule has 2 aromatic rings. The Morgan fingerprint density at radius 2 is 1.59 bits per heavy atom. The first-order chi connectivity index (χ1) is 15.1. The number of esters is 1. The van der Waals surface area contributed by atoms with Crippen molar-refractivity contribution in [2.24, 2.45) is 5.92 Å². The average Bonchev–Trinajstić information content (AvgIpc) is 2.78. The lowest BCUT2D eigenvalue weighted by molar-refractivity contribution is -0.152. The number of carbonyl (C=O) groups is 2. The van der Waals surface area contributed by atoms with Gasteiger partial charge in [-0.15, -0.1) is 0 Å². The number of benzene rings is 2. The van der Waals surface area contributed by atoms with Crippen LogP contribution < -0.4 is 5.32 Å². The molecule has 0 unspecified atom stereocenters. The molecule has 1 aliphatic heterocycles. The monoisotopic (exact) mass is 458 g/mol. The van der Waals surface area contributed by atoms with Crippen LogP contribution >= 0.6 is 0 Å². The van der Waals surface area contributed by atoms with E-state index in [1.807, 2.05) is 18.2 Å². The molecule has 0 aromatic heterocycles. The number of carbonyl (C=O) groups excluding carboxylic acids is 2. The van der Waals surface area contributed by atoms with Crippen LogP contribution in [0.4, 0.5) is 5.69 Å². The first kappa shape index (κ1) is 23.9. The number of anilines is 1. The van der Waals surface area contributed by atoms with Crippen molar-refractivity contribution in [3.63, 3.8) is 0 Å². The minimum atomic E-state index is -3.62. The Kier molecular flexibility index (Phi) is 7.36. The fourth-order valence-electron chi connectivity index (χ4n) is 3.58. The molecular formula is C24H30N2O5S. The Labute approximate surface area is 189 Å². The molecule has 1 aliphatic rings. The van der Waals surface area contributed by atoms with E-state index in [0.717, 1.165) is 5.56 Å². The highest BCUT2D eigenvalue weighted by Crippen LogP contribution is 2.27. The second-order valence-corrected chi connectivity index (χ2v) is 10.9. The molecule has 1 fully saturated rings. The zero-order valence-corrected chi connectivity index (χ0v) is 19.5. The summed E-state index contributed by atoms with van der Waals surface area (Å²) in [6.45, 7) is 6.33. The van der Waals surface area contributed by atoms with Gasteiger partial charge in [-0.2, -0.15) is 4.31 Å². The van der Waals surface area contributed by atoms with E-state index < -0.39 is 27.8 Å². The maximum absolute atomic E-state index is 13.0. The summed E-state index contributed by atoms with van der Waals surface area (Å²) in [6.07, 6.45) is 0.719. The summed E-state index contributed by atoms with van der Waals surface area (Å²) < 4.78 is 32.5. The summed E-state index contributed by atoms with van der Waals surface area (Å²) in [5.74, 6) is -1.31. The summed E-state index contributed by atoms with van der Waals surface area (Å²) in [5.41, 5.74) is 1.63. The maximum Gasteiger partial charge on any atom is 0.309 e. The van der Waals surface area contributed by atoms with Gasteiger partial charge in [0.25, 0.3) is 5.91 Å². The maximum atomic E-state index is 13.0. The third-order valence-corrected chi connectivity index (χ3v) is 7.46. The van der Waals surface area contributed by atoms with E-state index in [9.17, 15) is 18.0 Å². The van der Waals surface area contributed by atoms with Gasteiger partial charge in [0.15, 0.2) is 6.61 Å². The van der Waals surface area contributed by atoms with E-state index in [2.05, 4.69) is 26.1 Å². The van der Waals surface area contributed by atoms with E-state index in [0.29, 0.717) is 18.5 Å². The number of hydrogen-bond donors (Lipinski definition) is 1. The fourth-order valence-corrected chi connectivity index (χ4v) is 5.05. The lowest BCUT2D eigenvalue weighted by Gasteiger charge is -2.30. The lowest BCUT2D eigenvalue weighted by Crippen LogP contribution is -2.40. The molecule has 3 rings (SSSR count). The molecule has 0 bridgehead atoms. The molecule has 8 heteroatoms. The molecule has 32 heavy (non-hydrogen) atoms.